The minimum absolute atomic E-state index is 0.0877. The van der Waals surface area contributed by atoms with Gasteiger partial charge in [0.25, 0.3) is 0 Å². The first kappa shape index (κ1) is 14.9. The summed E-state index contributed by atoms with van der Waals surface area (Å²) in [6.07, 6.45) is 0. The third-order valence-electron chi connectivity index (χ3n) is 3.53. The van der Waals surface area contributed by atoms with Crippen LogP contribution in [0.25, 0.3) is 10.8 Å². The summed E-state index contributed by atoms with van der Waals surface area (Å²) < 4.78 is 0. The maximum absolute atomic E-state index is 6.35. The molecule has 0 saturated heterocycles. The van der Waals surface area contributed by atoms with Crippen molar-refractivity contribution in [3.05, 3.63) is 68.3 Å². The zero-order valence-corrected chi connectivity index (χ0v) is 13.9. The van der Waals surface area contributed by atoms with Gasteiger partial charge in [-0.25, -0.2) is 0 Å². The molecule has 0 aliphatic rings. The molecule has 0 amide bonds. The smallest absolute Gasteiger partial charge is 0.0692 e. The first-order chi connectivity index (χ1) is 10.2. The molecular formula is C17H15Cl2NS. The van der Waals surface area contributed by atoms with Crippen molar-refractivity contribution in [3.63, 3.8) is 0 Å². The second kappa shape index (κ2) is 6.37. The average molecular weight is 336 g/mol. The molecule has 4 heteroatoms. The Labute approximate surface area is 138 Å². The Morgan fingerprint density at radius 2 is 1.76 bits per heavy atom. The first-order valence-electron chi connectivity index (χ1n) is 6.85. The Bertz CT molecular complexity index is 766. The van der Waals surface area contributed by atoms with Crippen molar-refractivity contribution in [2.24, 2.45) is 0 Å². The quantitative estimate of drug-likeness (QED) is 0.625. The van der Waals surface area contributed by atoms with Crippen LogP contribution in [0.2, 0.25) is 10.0 Å². The molecule has 0 radical (unpaired) electrons. The average Bonchev–Trinajstić information content (AvgIpc) is 2.92. The van der Waals surface area contributed by atoms with Gasteiger partial charge in [-0.3, -0.25) is 0 Å². The minimum atomic E-state index is 0.0877. The summed E-state index contributed by atoms with van der Waals surface area (Å²) in [7, 11) is 0. The molecule has 0 spiro atoms. The van der Waals surface area contributed by atoms with Gasteiger partial charge in [0.1, 0.15) is 0 Å². The van der Waals surface area contributed by atoms with E-state index in [4.69, 9.17) is 23.2 Å². The Morgan fingerprint density at radius 3 is 2.43 bits per heavy atom. The van der Waals surface area contributed by atoms with Crippen LogP contribution in [0, 0.1) is 0 Å². The highest BCUT2D eigenvalue weighted by Crippen LogP contribution is 2.37. The van der Waals surface area contributed by atoms with E-state index in [1.54, 1.807) is 11.3 Å². The largest absolute Gasteiger partial charge is 0.306 e. The van der Waals surface area contributed by atoms with E-state index in [-0.39, 0.29) is 6.04 Å². The molecule has 1 unspecified atom stereocenters. The third-order valence-corrected chi connectivity index (χ3v) is 5.28. The fourth-order valence-corrected chi connectivity index (χ4v) is 4.08. The molecular weight excluding hydrogens is 321 g/mol. The molecule has 1 nitrogen and oxygen atoms in total. The Balaban J connectivity index is 2.21. The predicted octanol–water partition coefficient (Wildman–Crippen LogP) is 5.91. The molecule has 0 saturated carbocycles. The topological polar surface area (TPSA) is 12.0 Å². The lowest BCUT2D eigenvalue weighted by atomic mass is 9.97. The normalized spacial score (nSPS) is 12.7. The van der Waals surface area contributed by atoms with Crippen LogP contribution >= 0.6 is 34.5 Å². The number of fused-ring (bicyclic) bond motifs is 1. The number of thiophene rings is 1. The lowest BCUT2D eigenvalue weighted by molar-refractivity contribution is 0.643. The molecule has 0 aliphatic heterocycles. The molecule has 0 aliphatic carbocycles. The third kappa shape index (κ3) is 2.82. The van der Waals surface area contributed by atoms with Crippen LogP contribution in [-0.4, -0.2) is 6.54 Å². The fraction of sp³-hybridized carbons (Fsp3) is 0.176. The van der Waals surface area contributed by atoms with Crippen LogP contribution in [0.5, 0.6) is 0 Å². The van der Waals surface area contributed by atoms with Gasteiger partial charge in [0.15, 0.2) is 0 Å². The lowest BCUT2D eigenvalue weighted by Gasteiger charge is -2.20. The van der Waals surface area contributed by atoms with Gasteiger partial charge >= 0.3 is 0 Å². The van der Waals surface area contributed by atoms with Gasteiger partial charge in [0, 0.05) is 15.3 Å². The molecule has 0 fully saturated rings. The maximum Gasteiger partial charge on any atom is 0.0692 e. The summed E-state index contributed by atoms with van der Waals surface area (Å²) >= 11 is 14.3. The van der Waals surface area contributed by atoms with Gasteiger partial charge < -0.3 is 5.32 Å². The van der Waals surface area contributed by atoms with E-state index in [1.807, 2.05) is 29.6 Å². The van der Waals surface area contributed by atoms with Gasteiger partial charge in [0.05, 0.1) is 11.1 Å². The van der Waals surface area contributed by atoms with Gasteiger partial charge in [-0.2, -0.15) is 0 Å². The van der Waals surface area contributed by atoms with Gasteiger partial charge in [-0.15, -0.1) is 11.3 Å². The number of rotatable bonds is 4. The lowest BCUT2D eigenvalue weighted by Crippen LogP contribution is -2.21. The molecule has 21 heavy (non-hydrogen) atoms. The van der Waals surface area contributed by atoms with Crippen molar-refractivity contribution >= 4 is 45.3 Å². The standard InChI is InChI=1S/C17H15Cl2NS/c1-2-20-16(17-15(19)9-10-21-17)13-7-8-14(18)12-6-4-3-5-11(12)13/h3-10,16,20H,2H2,1H3. The highest BCUT2D eigenvalue weighted by Gasteiger charge is 2.20. The van der Waals surface area contributed by atoms with Gasteiger partial charge in [-0.05, 0) is 35.0 Å². The van der Waals surface area contributed by atoms with Crippen molar-refractivity contribution in [1.82, 2.24) is 5.32 Å². The zero-order valence-electron chi connectivity index (χ0n) is 11.6. The first-order valence-corrected chi connectivity index (χ1v) is 8.49. The van der Waals surface area contributed by atoms with Crippen molar-refractivity contribution < 1.29 is 0 Å². The summed E-state index contributed by atoms with van der Waals surface area (Å²) in [5, 5.41) is 9.40. The Morgan fingerprint density at radius 1 is 1.00 bits per heavy atom. The fourth-order valence-electron chi connectivity index (χ4n) is 2.60. The van der Waals surface area contributed by atoms with Gasteiger partial charge in [0.2, 0.25) is 0 Å². The van der Waals surface area contributed by atoms with E-state index in [1.165, 1.54) is 10.9 Å². The highest BCUT2D eigenvalue weighted by molar-refractivity contribution is 7.10. The Kier molecular flexibility index (Phi) is 4.51. The number of hydrogen-bond donors (Lipinski definition) is 1. The highest BCUT2D eigenvalue weighted by atomic mass is 35.5. The summed E-state index contributed by atoms with van der Waals surface area (Å²) in [6.45, 7) is 2.97. The molecule has 1 atom stereocenters. The van der Waals surface area contributed by atoms with Crippen molar-refractivity contribution in [2.75, 3.05) is 6.54 Å². The van der Waals surface area contributed by atoms with Crippen molar-refractivity contribution in [1.29, 1.82) is 0 Å². The SMILES string of the molecule is CCNC(c1sccc1Cl)c1ccc(Cl)c2ccccc12. The van der Waals surface area contributed by atoms with Crippen LogP contribution in [0.1, 0.15) is 23.4 Å². The molecule has 3 rings (SSSR count). The van der Waals surface area contributed by atoms with E-state index in [9.17, 15) is 0 Å². The minimum Gasteiger partial charge on any atom is -0.306 e. The molecule has 3 aromatic rings. The molecule has 2 aromatic carbocycles. The molecule has 1 aromatic heterocycles. The second-order valence-electron chi connectivity index (χ2n) is 4.81. The molecule has 1 N–H and O–H groups in total. The van der Waals surface area contributed by atoms with E-state index in [0.717, 1.165) is 26.9 Å². The summed E-state index contributed by atoms with van der Waals surface area (Å²) in [5.74, 6) is 0. The maximum atomic E-state index is 6.35. The number of nitrogens with one attached hydrogen (secondary N) is 1. The zero-order chi connectivity index (χ0) is 14.8. The number of benzene rings is 2. The number of halogens is 2. The van der Waals surface area contributed by atoms with E-state index in [0.29, 0.717) is 0 Å². The van der Waals surface area contributed by atoms with Crippen LogP contribution in [0.15, 0.2) is 47.8 Å². The van der Waals surface area contributed by atoms with Gasteiger partial charge in [-0.1, -0.05) is 60.5 Å². The molecule has 108 valence electrons. The summed E-state index contributed by atoms with van der Waals surface area (Å²) in [5.41, 5.74) is 1.21. The monoisotopic (exact) mass is 335 g/mol. The van der Waals surface area contributed by atoms with Crippen molar-refractivity contribution in [3.8, 4) is 0 Å². The summed E-state index contributed by atoms with van der Waals surface area (Å²) in [6, 6.07) is 14.3. The summed E-state index contributed by atoms with van der Waals surface area (Å²) in [4.78, 5) is 1.14. The van der Waals surface area contributed by atoms with Crippen LogP contribution in [-0.2, 0) is 0 Å². The molecule has 1 heterocycles. The van der Waals surface area contributed by atoms with Crippen LogP contribution in [0.4, 0.5) is 0 Å². The van der Waals surface area contributed by atoms with E-state index < -0.39 is 0 Å². The Hall–Kier alpha value is -1.06. The second-order valence-corrected chi connectivity index (χ2v) is 6.57. The van der Waals surface area contributed by atoms with Crippen molar-refractivity contribution in [2.45, 2.75) is 13.0 Å². The van der Waals surface area contributed by atoms with Crippen LogP contribution < -0.4 is 5.32 Å². The van der Waals surface area contributed by atoms with E-state index in [2.05, 4.69) is 30.4 Å². The predicted molar refractivity (Wildman–Crippen MR) is 93.8 cm³/mol. The molecule has 0 bridgehead atoms. The van der Waals surface area contributed by atoms with Crippen LogP contribution in [0.3, 0.4) is 0 Å². The number of hydrogen-bond acceptors (Lipinski definition) is 2. The van der Waals surface area contributed by atoms with E-state index >= 15 is 0 Å².